The first-order valence-electron chi connectivity index (χ1n) is 11.2. The van der Waals surface area contributed by atoms with Crippen molar-refractivity contribution in [1.29, 1.82) is 0 Å². The Labute approximate surface area is 191 Å². The van der Waals surface area contributed by atoms with Gasteiger partial charge in [-0.2, -0.15) is 4.98 Å². The van der Waals surface area contributed by atoms with E-state index in [1.165, 1.54) is 11.1 Å². The number of alkyl carbamates (subject to hydrolysis) is 1. The number of benzene rings is 2. The Morgan fingerprint density at radius 2 is 1.70 bits per heavy atom. The van der Waals surface area contributed by atoms with Crippen molar-refractivity contribution in [2.24, 2.45) is 0 Å². The van der Waals surface area contributed by atoms with Crippen LogP contribution in [-0.2, 0) is 21.5 Å². The third kappa shape index (κ3) is 4.08. The van der Waals surface area contributed by atoms with Crippen LogP contribution in [0.25, 0.3) is 11.1 Å². The molecule has 0 radical (unpaired) electrons. The summed E-state index contributed by atoms with van der Waals surface area (Å²) in [6.45, 7) is 0.228. The molecular weight excluding hydrogens is 422 g/mol. The molecule has 0 atom stereocenters. The fourth-order valence-corrected chi connectivity index (χ4v) is 4.98. The number of carbonyl (C=O) groups is 2. The summed E-state index contributed by atoms with van der Waals surface area (Å²) in [5, 5.41) is 15.9. The summed E-state index contributed by atoms with van der Waals surface area (Å²) in [4.78, 5) is 28.1. The van der Waals surface area contributed by atoms with Crippen LogP contribution in [-0.4, -0.2) is 33.9 Å². The van der Waals surface area contributed by atoms with E-state index in [0.29, 0.717) is 18.7 Å². The molecule has 1 saturated carbocycles. The van der Waals surface area contributed by atoms with Crippen molar-refractivity contribution in [3.05, 3.63) is 71.4 Å². The first-order valence-corrected chi connectivity index (χ1v) is 11.2. The zero-order valence-corrected chi connectivity index (χ0v) is 18.1. The first-order chi connectivity index (χ1) is 16.1. The third-order valence-corrected chi connectivity index (χ3v) is 6.59. The standard InChI is InChI=1S/C25H25N3O5/c29-22(30)12-11-21-26-23(28-33-21)25(13-5-6-14-25)27-24(31)32-15-20-18-9-3-1-7-16(18)17-8-2-4-10-19(17)20/h1-4,7-10,20H,5-6,11-15H2,(H,27,31)(H,29,30). The number of carboxylic acid groups (broad SMARTS) is 1. The van der Waals surface area contributed by atoms with Gasteiger partial charge < -0.3 is 19.7 Å². The summed E-state index contributed by atoms with van der Waals surface area (Å²) in [5.41, 5.74) is 3.91. The zero-order valence-electron chi connectivity index (χ0n) is 18.1. The van der Waals surface area contributed by atoms with Crippen molar-refractivity contribution in [2.75, 3.05) is 6.61 Å². The monoisotopic (exact) mass is 447 g/mol. The molecule has 33 heavy (non-hydrogen) atoms. The summed E-state index contributed by atoms with van der Waals surface area (Å²) in [7, 11) is 0. The minimum Gasteiger partial charge on any atom is -0.481 e. The average Bonchev–Trinajstić information content (AvgIpc) is 3.55. The van der Waals surface area contributed by atoms with Gasteiger partial charge in [-0.15, -0.1) is 0 Å². The lowest BCUT2D eigenvalue weighted by atomic mass is 9.97. The molecule has 0 aliphatic heterocycles. The van der Waals surface area contributed by atoms with E-state index in [4.69, 9.17) is 14.4 Å². The number of aromatic nitrogens is 2. The van der Waals surface area contributed by atoms with Crippen LogP contribution in [0.2, 0.25) is 0 Å². The number of ether oxygens (including phenoxy) is 1. The van der Waals surface area contributed by atoms with Crippen molar-refractivity contribution in [1.82, 2.24) is 15.5 Å². The normalized spacial score (nSPS) is 16.2. The van der Waals surface area contributed by atoms with Crippen LogP contribution in [0.1, 0.15) is 60.9 Å². The second-order valence-electron chi connectivity index (χ2n) is 8.65. The molecule has 5 rings (SSSR count). The Morgan fingerprint density at radius 3 is 2.33 bits per heavy atom. The van der Waals surface area contributed by atoms with E-state index in [-0.39, 0.29) is 31.3 Å². The second-order valence-corrected chi connectivity index (χ2v) is 8.65. The van der Waals surface area contributed by atoms with Crippen LogP contribution in [0.15, 0.2) is 53.1 Å². The number of hydrogen-bond acceptors (Lipinski definition) is 6. The van der Waals surface area contributed by atoms with Crippen molar-refractivity contribution < 1.29 is 24.0 Å². The number of carbonyl (C=O) groups excluding carboxylic acids is 1. The molecule has 0 saturated heterocycles. The molecule has 0 spiro atoms. The van der Waals surface area contributed by atoms with Crippen LogP contribution in [0.4, 0.5) is 4.79 Å². The Balaban J connectivity index is 1.29. The van der Waals surface area contributed by atoms with Crippen LogP contribution in [0, 0.1) is 0 Å². The number of aliphatic carboxylic acids is 1. The maximum absolute atomic E-state index is 12.9. The third-order valence-electron chi connectivity index (χ3n) is 6.59. The summed E-state index contributed by atoms with van der Waals surface area (Å²) in [5.74, 6) is -0.306. The maximum Gasteiger partial charge on any atom is 0.407 e. The molecule has 3 aromatic rings. The van der Waals surface area contributed by atoms with E-state index in [0.717, 1.165) is 24.0 Å². The molecule has 2 N–H and O–H groups in total. The summed E-state index contributed by atoms with van der Waals surface area (Å²) >= 11 is 0. The number of aryl methyl sites for hydroxylation is 1. The smallest absolute Gasteiger partial charge is 0.407 e. The largest absolute Gasteiger partial charge is 0.481 e. The van der Waals surface area contributed by atoms with E-state index >= 15 is 0 Å². The molecule has 1 heterocycles. The molecule has 1 aromatic heterocycles. The second kappa shape index (κ2) is 8.69. The predicted molar refractivity (Wildman–Crippen MR) is 119 cm³/mol. The molecule has 0 bridgehead atoms. The molecule has 2 aliphatic rings. The molecule has 1 fully saturated rings. The number of amides is 1. The van der Waals surface area contributed by atoms with Crippen LogP contribution < -0.4 is 5.32 Å². The van der Waals surface area contributed by atoms with Gasteiger partial charge in [0.1, 0.15) is 12.1 Å². The number of hydrogen-bond donors (Lipinski definition) is 2. The van der Waals surface area contributed by atoms with Gasteiger partial charge in [0.25, 0.3) is 0 Å². The quantitative estimate of drug-likeness (QED) is 0.552. The van der Waals surface area contributed by atoms with Crippen molar-refractivity contribution in [3.8, 4) is 11.1 Å². The zero-order chi connectivity index (χ0) is 22.8. The predicted octanol–water partition coefficient (Wildman–Crippen LogP) is 4.39. The van der Waals surface area contributed by atoms with Crippen LogP contribution in [0.3, 0.4) is 0 Å². The minimum atomic E-state index is -0.929. The highest BCUT2D eigenvalue weighted by Gasteiger charge is 2.42. The molecule has 8 heteroatoms. The molecule has 1 amide bonds. The van der Waals surface area contributed by atoms with Crippen LogP contribution >= 0.6 is 0 Å². The van der Waals surface area contributed by atoms with Crippen molar-refractivity contribution in [3.63, 3.8) is 0 Å². The molecule has 2 aliphatic carbocycles. The highest BCUT2D eigenvalue weighted by molar-refractivity contribution is 5.79. The van der Waals surface area contributed by atoms with Gasteiger partial charge in [0.2, 0.25) is 5.89 Å². The highest BCUT2D eigenvalue weighted by Crippen LogP contribution is 2.44. The molecular formula is C25H25N3O5. The highest BCUT2D eigenvalue weighted by atomic mass is 16.5. The van der Waals surface area contributed by atoms with E-state index in [2.05, 4.69) is 39.7 Å². The van der Waals surface area contributed by atoms with Gasteiger partial charge >= 0.3 is 12.1 Å². The SMILES string of the molecule is O=C(O)CCc1nc(C2(NC(=O)OCC3c4ccccc4-c4ccccc43)CCCC2)no1. The van der Waals surface area contributed by atoms with Gasteiger partial charge in [0.05, 0.1) is 6.42 Å². The summed E-state index contributed by atoms with van der Waals surface area (Å²) in [6, 6.07) is 16.4. The Bertz CT molecular complexity index is 1140. The van der Waals surface area contributed by atoms with Gasteiger partial charge in [0, 0.05) is 12.3 Å². The Kier molecular flexibility index (Phi) is 5.58. The molecule has 0 unspecified atom stereocenters. The lowest BCUT2D eigenvalue weighted by Crippen LogP contribution is -2.45. The van der Waals surface area contributed by atoms with Gasteiger partial charge in [-0.1, -0.05) is 66.5 Å². The molecule has 2 aromatic carbocycles. The van der Waals surface area contributed by atoms with E-state index in [1.807, 2.05) is 24.3 Å². The van der Waals surface area contributed by atoms with Gasteiger partial charge in [-0.25, -0.2) is 4.79 Å². The van der Waals surface area contributed by atoms with Gasteiger partial charge in [-0.3, -0.25) is 4.79 Å². The topological polar surface area (TPSA) is 115 Å². The number of rotatable bonds is 7. The minimum absolute atomic E-state index is 0.0181. The number of carboxylic acids is 1. The van der Waals surface area contributed by atoms with E-state index in [9.17, 15) is 9.59 Å². The van der Waals surface area contributed by atoms with Crippen molar-refractivity contribution in [2.45, 2.75) is 50.0 Å². The summed E-state index contributed by atoms with van der Waals surface area (Å²) in [6.07, 6.45) is 2.74. The lowest BCUT2D eigenvalue weighted by molar-refractivity contribution is -0.137. The maximum atomic E-state index is 12.9. The first kappa shape index (κ1) is 21.2. The Morgan fingerprint density at radius 1 is 1.06 bits per heavy atom. The average molecular weight is 447 g/mol. The van der Waals surface area contributed by atoms with Gasteiger partial charge in [0.15, 0.2) is 5.82 Å². The molecule has 170 valence electrons. The number of nitrogens with zero attached hydrogens (tertiary/aromatic N) is 2. The van der Waals surface area contributed by atoms with Crippen LogP contribution in [0.5, 0.6) is 0 Å². The Hall–Kier alpha value is -3.68. The fourth-order valence-electron chi connectivity index (χ4n) is 4.98. The number of fused-ring (bicyclic) bond motifs is 3. The van der Waals surface area contributed by atoms with E-state index < -0.39 is 17.6 Å². The van der Waals surface area contributed by atoms with E-state index in [1.54, 1.807) is 0 Å². The van der Waals surface area contributed by atoms with Gasteiger partial charge in [-0.05, 0) is 35.1 Å². The lowest BCUT2D eigenvalue weighted by Gasteiger charge is -2.26. The molecule has 8 nitrogen and oxygen atoms in total. The number of nitrogens with one attached hydrogen (secondary N) is 1. The summed E-state index contributed by atoms with van der Waals surface area (Å²) < 4.78 is 11.0. The van der Waals surface area contributed by atoms with Crippen molar-refractivity contribution >= 4 is 12.1 Å². The fraction of sp³-hybridized carbons (Fsp3) is 0.360.